The van der Waals surface area contributed by atoms with E-state index in [0.29, 0.717) is 5.92 Å². The van der Waals surface area contributed by atoms with Crippen molar-refractivity contribution in [2.75, 3.05) is 0 Å². The number of aryl methyl sites for hydroxylation is 1. The molecular formula is C27H41NO5S. The molecule has 190 valence electrons. The van der Waals surface area contributed by atoms with E-state index in [9.17, 15) is 19.8 Å². The van der Waals surface area contributed by atoms with E-state index in [-0.39, 0.29) is 23.5 Å². The molecule has 0 amide bonds. The van der Waals surface area contributed by atoms with Crippen molar-refractivity contribution in [1.29, 1.82) is 0 Å². The van der Waals surface area contributed by atoms with Crippen LogP contribution in [-0.4, -0.2) is 45.3 Å². The Morgan fingerprint density at radius 2 is 1.91 bits per heavy atom. The maximum atomic E-state index is 13.2. The number of hydrogen-bond acceptors (Lipinski definition) is 7. The summed E-state index contributed by atoms with van der Waals surface area (Å²) in [5.41, 5.74) is -0.118. The van der Waals surface area contributed by atoms with Gasteiger partial charge in [-0.2, -0.15) is 0 Å². The standard InChI is InChI=1S/C27H41NO5S/c1-16-8-7-11-27(6)14-19(27)12-21(10-9-20-15-34-18(3)28-20)33-23(30)13-22(29)26(4,5)25(32)17(2)24(16)31/h9-10,15-17,19,21-22,24,29,31H,7-8,11-14H2,1-6H3/b10-9+/t16-,17-,19?,21-,22-,24+,27-/m0/s1. The molecule has 0 aromatic carbocycles. The highest BCUT2D eigenvalue weighted by atomic mass is 32.1. The molecule has 1 aliphatic heterocycles. The van der Waals surface area contributed by atoms with Gasteiger partial charge in [-0.1, -0.05) is 41.0 Å². The second kappa shape index (κ2) is 10.6. The molecule has 7 atom stereocenters. The van der Waals surface area contributed by atoms with Crippen molar-refractivity contribution in [2.45, 2.75) is 98.4 Å². The van der Waals surface area contributed by atoms with Crippen molar-refractivity contribution < 1.29 is 24.5 Å². The molecule has 1 aliphatic carbocycles. The zero-order valence-corrected chi connectivity index (χ0v) is 22.2. The number of carbonyl (C=O) groups excluding carboxylic acids is 2. The number of rotatable bonds is 2. The number of aliphatic hydroxyl groups is 2. The number of Topliss-reactive ketones (excluding diaryl/α,β-unsaturated/α-hetero) is 1. The summed E-state index contributed by atoms with van der Waals surface area (Å²) in [5, 5.41) is 24.6. The molecule has 2 N–H and O–H groups in total. The van der Waals surface area contributed by atoms with E-state index >= 15 is 0 Å². The van der Waals surface area contributed by atoms with E-state index in [1.165, 1.54) is 0 Å². The highest BCUT2D eigenvalue weighted by Crippen LogP contribution is 2.58. The summed E-state index contributed by atoms with van der Waals surface area (Å²) >= 11 is 1.57. The predicted molar refractivity (Wildman–Crippen MR) is 134 cm³/mol. The first-order valence-corrected chi connectivity index (χ1v) is 13.4. The van der Waals surface area contributed by atoms with Crippen LogP contribution in [0.4, 0.5) is 0 Å². The number of fused-ring (bicyclic) bond motifs is 1. The molecule has 3 rings (SSSR count). The molecule has 34 heavy (non-hydrogen) atoms. The molecule has 1 unspecified atom stereocenters. The molecule has 1 saturated heterocycles. The van der Waals surface area contributed by atoms with Crippen molar-refractivity contribution >= 4 is 29.2 Å². The van der Waals surface area contributed by atoms with Gasteiger partial charge in [-0.05, 0) is 62.0 Å². The van der Waals surface area contributed by atoms with Gasteiger partial charge in [-0.25, -0.2) is 4.98 Å². The highest BCUT2D eigenvalue weighted by molar-refractivity contribution is 7.09. The predicted octanol–water partition coefficient (Wildman–Crippen LogP) is 4.96. The zero-order valence-electron chi connectivity index (χ0n) is 21.4. The molecule has 6 nitrogen and oxygen atoms in total. The first-order chi connectivity index (χ1) is 15.8. The van der Waals surface area contributed by atoms with Gasteiger partial charge < -0.3 is 14.9 Å². The summed E-state index contributed by atoms with van der Waals surface area (Å²) in [6, 6.07) is 0. The minimum absolute atomic E-state index is 0.0113. The number of thiazole rings is 1. The molecule has 0 radical (unpaired) electrons. The summed E-state index contributed by atoms with van der Waals surface area (Å²) in [6.45, 7) is 11.2. The molecule has 0 spiro atoms. The van der Waals surface area contributed by atoms with Crippen LogP contribution in [0.2, 0.25) is 0 Å². The number of hydrogen-bond donors (Lipinski definition) is 2. The Labute approximate surface area is 207 Å². The van der Waals surface area contributed by atoms with Crippen LogP contribution in [0.1, 0.15) is 83.8 Å². The maximum absolute atomic E-state index is 13.2. The third-order valence-electron chi connectivity index (χ3n) is 8.20. The first kappa shape index (κ1) is 27.0. The van der Waals surface area contributed by atoms with E-state index in [1.54, 1.807) is 32.1 Å². The quantitative estimate of drug-likeness (QED) is 0.568. The van der Waals surface area contributed by atoms with E-state index in [2.05, 4.69) is 11.9 Å². The minimum atomic E-state index is -1.19. The smallest absolute Gasteiger partial charge is 0.309 e. The lowest BCUT2D eigenvalue weighted by Gasteiger charge is -2.34. The lowest BCUT2D eigenvalue weighted by Crippen LogP contribution is -2.45. The molecule has 0 bridgehead atoms. The third-order valence-corrected chi connectivity index (χ3v) is 8.99. The van der Waals surface area contributed by atoms with Gasteiger partial charge in [-0.15, -0.1) is 11.3 Å². The first-order valence-electron chi connectivity index (χ1n) is 12.5. The number of esters is 1. The van der Waals surface area contributed by atoms with E-state index < -0.39 is 35.6 Å². The molecule has 1 aromatic rings. The lowest BCUT2D eigenvalue weighted by molar-refractivity contribution is -0.154. The average Bonchev–Trinajstić information content (AvgIpc) is 3.19. The van der Waals surface area contributed by atoms with Gasteiger partial charge in [0.05, 0.1) is 34.7 Å². The number of ketones is 1. The van der Waals surface area contributed by atoms with Gasteiger partial charge in [-0.3, -0.25) is 9.59 Å². The molecule has 2 aliphatic rings. The second-order valence-corrected chi connectivity index (χ2v) is 12.5. The molecule has 7 heteroatoms. The summed E-state index contributed by atoms with van der Waals surface area (Å²) < 4.78 is 5.82. The Morgan fingerprint density at radius 3 is 2.56 bits per heavy atom. The fraction of sp³-hybridized carbons (Fsp3) is 0.741. The molecule has 1 saturated carbocycles. The van der Waals surface area contributed by atoms with Crippen LogP contribution >= 0.6 is 11.3 Å². The lowest BCUT2D eigenvalue weighted by atomic mass is 9.73. The number of aliphatic hydroxyl groups excluding tert-OH is 2. The number of cyclic esters (lactones) is 1. The van der Waals surface area contributed by atoms with Gasteiger partial charge >= 0.3 is 5.97 Å². The Morgan fingerprint density at radius 1 is 1.21 bits per heavy atom. The highest BCUT2D eigenvalue weighted by Gasteiger charge is 2.50. The Kier molecular flexibility index (Phi) is 8.42. The van der Waals surface area contributed by atoms with Gasteiger partial charge in [0.15, 0.2) is 0 Å². The van der Waals surface area contributed by atoms with Crippen molar-refractivity contribution in [3.63, 3.8) is 0 Å². The fourth-order valence-corrected chi connectivity index (χ4v) is 5.90. The van der Waals surface area contributed by atoms with E-state index in [4.69, 9.17) is 4.74 Å². The molecule has 2 heterocycles. The number of aromatic nitrogens is 1. The summed E-state index contributed by atoms with van der Waals surface area (Å²) in [4.78, 5) is 30.4. The van der Waals surface area contributed by atoms with Crippen LogP contribution in [0, 0.1) is 35.5 Å². The SMILES string of the molecule is Cc1nc(/C=C/[C@H]2CC3C[C@]3(C)CCC[C@H](C)[C@@H](O)[C@H](C)C(=O)C(C)(C)[C@@H](O)CC(=O)O2)cs1. The van der Waals surface area contributed by atoms with Crippen LogP contribution < -0.4 is 0 Å². The molecule has 2 fully saturated rings. The van der Waals surface area contributed by atoms with Gasteiger partial charge in [0, 0.05) is 11.3 Å². The fourth-order valence-electron chi connectivity index (χ4n) is 5.31. The molecule has 1 aromatic heterocycles. The Hall–Kier alpha value is -1.57. The zero-order chi connectivity index (χ0) is 25.3. The Bertz CT molecular complexity index is 909. The van der Waals surface area contributed by atoms with Crippen molar-refractivity contribution in [3.05, 3.63) is 22.2 Å². The summed E-state index contributed by atoms with van der Waals surface area (Å²) in [6.07, 6.45) is 5.87. The van der Waals surface area contributed by atoms with Crippen molar-refractivity contribution in [1.82, 2.24) is 4.98 Å². The largest absolute Gasteiger partial charge is 0.458 e. The van der Waals surface area contributed by atoms with Gasteiger partial charge in [0.25, 0.3) is 0 Å². The van der Waals surface area contributed by atoms with Crippen LogP contribution in [0.3, 0.4) is 0 Å². The number of ether oxygens (including phenoxy) is 1. The monoisotopic (exact) mass is 491 g/mol. The Balaban J connectivity index is 1.81. The topological polar surface area (TPSA) is 96.7 Å². The van der Waals surface area contributed by atoms with Gasteiger partial charge in [0.1, 0.15) is 11.9 Å². The molecular weight excluding hydrogens is 450 g/mol. The number of carbonyl (C=O) groups is 2. The normalized spacial score (nSPS) is 37.9. The summed E-state index contributed by atoms with van der Waals surface area (Å²) in [5.74, 6) is -0.924. The third kappa shape index (κ3) is 6.35. The average molecular weight is 492 g/mol. The van der Waals surface area contributed by atoms with Crippen molar-refractivity contribution in [3.8, 4) is 0 Å². The minimum Gasteiger partial charge on any atom is -0.458 e. The van der Waals surface area contributed by atoms with Crippen LogP contribution in [0.15, 0.2) is 11.5 Å². The van der Waals surface area contributed by atoms with E-state index in [1.807, 2.05) is 31.4 Å². The summed E-state index contributed by atoms with van der Waals surface area (Å²) in [7, 11) is 0. The second-order valence-electron chi connectivity index (χ2n) is 11.4. The number of nitrogens with zero attached hydrogens (tertiary/aromatic N) is 1. The van der Waals surface area contributed by atoms with Crippen molar-refractivity contribution in [2.24, 2.45) is 28.6 Å². The van der Waals surface area contributed by atoms with Crippen LogP contribution in [0.25, 0.3) is 6.08 Å². The maximum Gasteiger partial charge on any atom is 0.309 e. The van der Waals surface area contributed by atoms with E-state index in [0.717, 1.165) is 42.8 Å². The van der Waals surface area contributed by atoms with Crippen LogP contribution in [0.5, 0.6) is 0 Å². The van der Waals surface area contributed by atoms with Gasteiger partial charge in [0.2, 0.25) is 0 Å². The van der Waals surface area contributed by atoms with Crippen LogP contribution in [-0.2, 0) is 14.3 Å².